The maximum atomic E-state index is 14.1. The van der Waals surface area contributed by atoms with Crippen LogP contribution in [0.5, 0.6) is 11.6 Å². The highest BCUT2D eigenvalue weighted by molar-refractivity contribution is 8.00. The van der Waals surface area contributed by atoms with Gasteiger partial charge in [0.1, 0.15) is 23.2 Å². The number of ketones is 1. The fourth-order valence-corrected chi connectivity index (χ4v) is 3.40. The standard InChI is InChI=1S/C23H18FN3O3S/c1-14-10-18(30-23-17(12-25)4-3-9-26-23)6-7-20(14)27-22(29)13-31-21-8-5-16(15(2)28)11-19(21)24/h3-11H,13H2,1-2H3,(H,27,29). The van der Waals surface area contributed by atoms with Crippen molar-refractivity contribution in [3.05, 3.63) is 77.2 Å². The second-order valence-electron chi connectivity index (χ2n) is 6.58. The first kappa shape index (κ1) is 22.0. The molecule has 0 saturated carbocycles. The zero-order valence-electron chi connectivity index (χ0n) is 16.8. The normalized spacial score (nSPS) is 10.3. The molecule has 0 atom stereocenters. The van der Waals surface area contributed by atoms with Crippen LogP contribution in [0.2, 0.25) is 0 Å². The molecule has 1 heterocycles. The van der Waals surface area contributed by atoms with E-state index in [-0.39, 0.29) is 28.9 Å². The number of ether oxygens (including phenoxy) is 1. The molecule has 156 valence electrons. The monoisotopic (exact) mass is 435 g/mol. The van der Waals surface area contributed by atoms with E-state index in [0.29, 0.717) is 21.9 Å². The third-order valence-electron chi connectivity index (χ3n) is 4.28. The second kappa shape index (κ2) is 9.87. The lowest BCUT2D eigenvalue weighted by atomic mass is 10.1. The number of pyridine rings is 1. The highest BCUT2D eigenvalue weighted by atomic mass is 32.2. The van der Waals surface area contributed by atoms with Gasteiger partial charge < -0.3 is 10.1 Å². The number of carbonyl (C=O) groups excluding carboxylic acids is 2. The van der Waals surface area contributed by atoms with Crippen LogP contribution in [0.4, 0.5) is 10.1 Å². The molecule has 8 heteroatoms. The molecular weight excluding hydrogens is 417 g/mol. The first-order valence-electron chi connectivity index (χ1n) is 9.24. The van der Waals surface area contributed by atoms with E-state index in [1.807, 2.05) is 6.07 Å². The average Bonchev–Trinajstić information content (AvgIpc) is 2.75. The van der Waals surface area contributed by atoms with E-state index in [4.69, 9.17) is 10.00 Å². The van der Waals surface area contributed by atoms with Crippen molar-refractivity contribution in [2.45, 2.75) is 18.7 Å². The molecule has 0 saturated heterocycles. The first-order valence-corrected chi connectivity index (χ1v) is 10.2. The summed E-state index contributed by atoms with van der Waals surface area (Å²) in [6, 6.07) is 14.5. The van der Waals surface area contributed by atoms with Crippen LogP contribution in [0.3, 0.4) is 0 Å². The van der Waals surface area contributed by atoms with Gasteiger partial charge in [-0.3, -0.25) is 9.59 Å². The van der Waals surface area contributed by atoms with Gasteiger partial charge in [-0.2, -0.15) is 5.26 Å². The van der Waals surface area contributed by atoms with Crippen molar-refractivity contribution in [2.24, 2.45) is 0 Å². The van der Waals surface area contributed by atoms with E-state index in [1.54, 1.807) is 37.3 Å². The Labute approximate surface area is 183 Å². The van der Waals surface area contributed by atoms with Crippen molar-refractivity contribution in [3.63, 3.8) is 0 Å². The second-order valence-corrected chi connectivity index (χ2v) is 7.60. The van der Waals surface area contributed by atoms with Crippen molar-refractivity contribution in [1.29, 1.82) is 5.26 Å². The van der Waals surface area contributed by atoms with Crippen molar-refractivity contribution in [1.82, 2.24) is 4.98 Å². The summed E-state index contributed by atoms with van der Waals surface area (Å²) in [6.45, 7) is 3.17. The van der Waals surface area contributed by atoms with Crippen LogP contribution in [0.15, 0.2) is 59.6 Å². The summed E-state index contributed by atoms with van der Waals surface area (Å²) in [5.41, 5.74) is 1.95. The number of thioether (sulfide) groups is 1. The summed E-state index contributed by atoms with van der Waals surface area (Å²) in [6.07, 6.45) is 1.53. The minimum atomic E-state index is -0.533. The van der Waals surface area contributed by atoms with Gasteiger partial charge in [-0.05, 0) is 61.9 Å². The fraction of sp³-hybridized carbons (Fsp3) is 0.130. The van der Waals surface area contributed by atoms with Gasteiger partial charge in [-0.25, -0.2) is 9.37 Å². The van der Waals surface area contributed by atoms with Gasteiger partial charge in [-0.15, -0.1) is 11.8 Å². The smallest absolute Gasteiger partial charge is 0.237 e. The SMILES string of the molecule is CC(=O)c1ccc(SCC(=O)Nc2ccc(Oc3ncccc3C#N)cc2C)c(F)c1. The summed E-state index contributed by atoms with van der Waals surface area (Å²) in [4.78, 5) is 28.0. The largest absolute Gasteiger partial charge is 0.438 e. The highest BCUT2D eigenvalue weighted by Crippen LogP contribution is 2.27. The molecule has 2 aromatic carbocycles. The summed E-state index contributed by atoms with van der Waals surface area (Å²) in [5.74, 6) is -0.359. The third-order valence-corrected chi connectivity index (χ3v) is 5.32. The number of carbonyl (C=O) groups is 2. The van der Waals surface area contributed by atoms with Crippen LogP contribution in [0, 0.1) is 24.1 Å². The molecule has 0 bridgehead atoms. The number of benzene rings is 2. The minimum absolute atomic E-state index is 0.00743. The molecule has 0 aliphatic carbocycles. The van der Waals surface area contributed by atoms with Crippen LogP contribution in [-0.4, -0.2) is 22.4 Å². The van der Waals surface area contributed by atoms with E-state index >= 15 is 0 Å². The third kappa shape index (κ3) is 5.68. The molecule has 0 aliphatic rings. The molecule has 3 aromatic rings. The zero-order valence-corrected chi connectivity index (χ0v) is 17.6. The molecule has 0 fully saturated rings. The quantitative estimate of drug-likeness (QED) is 0.409. The summed E-state index contributed by atoms with van der Waals surface area (Å²) < 4.78 is 19.8. The summed E-state index contributed by atoms with van der Waals surface area (Å²) >= 11 is 1.05. The molecule has 1 amide bonds. The Balaban J connectivity index is 1.62. The number of aryl methyl sites for hydroxylation is 1. The number of hydrogen-bond donors (Lipinski definition) is 1. The van der Waals surface area contributed by atoms with Crippen LogP contribution in [-0.2, 0) is 4.79 Å². The number of halogens is 1. The molecular formula is C23H18FN3O3S. The molecule has 1 aromatic heterocycles. The van der Waals surface area contributed by atoms with Gasteiger partial charge in [0.2, 0.25) is 11.8 Å². The lowest BCUT2D eigenvalue weighted by Crippen LogP contribution is -2.15. The van der Waals surface area contributed by atoms with Crippen molar-refractivity contribution in [2.75, 3.05) is 11.1 Å². The number of nitrogens with zero attached hydrogens (tertiary/aromatic N) is 2. The van der Waals surface area contributed by atoms with E-state index in [0.717, 1.165) is 17.3 Å². The van der Waals surface area contributed by atoms with E-state index in [9.17, 15) is 14.0 Å². The molecule has 0 unspecified atom stereocenters. The van der Waals surface area contributed by atoms with E-state index in [2.05, 4.69) is 10.3 Å². The Morgan fingerprint density at radius 3 is 2.71 bits per heavy atom. The van der Waals surface area contributed by atoms with Gasteiger partial charge in [0.05, 0.1) is 5.75 Å². The van der Waals surface area contributed by atoms with Gasteiger partial charge in [-0.1, -0.05) is 6.07 Å². The predicted molar refractivity (Wildman–Crippen MR) is 116 cm³/mol. The molecule has 0 aliphatic heterocycles. The van der Waals surface area contributed by atoms with Crippen LogP contribution >= 0.6 is 11.8 Å². The maximum absolute atomic E-state index is 14.1. The van der Waals surface area contributed by atoms with E-state index < -0.39 is 5.82 Å². The lowest BCUT2D eigenvalue weighted by molar-refractivity contribution is -0.113. The van der Waals surface area contributed by atoms with Crippen LogP contribution in [0.25, 0.3) is 0 Å². The number of aromatic nitrogens is 1. The highest BCUT2D eigenvalue weighted by Gasteiger charge is 2.12. The average molecular weight is 435 g/mol. The Bertz CT molecular complexity index is 1190. The molecule has 31 heavy (non-hydrogen) atoms. The number of hydrogen-bond acceptors (Lipinski definition) is 6. The lowest BCUT2D eigenvalue weighted by Gasteiger charge is -2.11. The van der Waals surface area contributed by atoms with Crippen molar-refractivity contribution >= 4 is 29.1 Å². The van der Waals surface area contributed by atoms with Crippen molar-refractivity contribution in [3.8, 4) is 17.7 Å². The van der Waals surface area contributed by atoms with Gasteiger partial charge in [0.15, 0.2) is 5.78 Å². The Hall–Kier alpha value is -3.70. The minimum Gasteiger partial charge on any atom is -0.438 e. The Morgan fingerprint density at radius 1 is 1.23 bits per heavy atom. The first-order chi connectivity index (χ1) is 14.9. The number of amides is 1. The maximum Gasteiger partial charge on any atom is 0.237 e. The number of nitrogens with one attached hydrogen (secondary N) is 1. The van der Waals surface area contributed by atoms with Crippen LogP contribution < -0.4 is 10.1 Å². The van der Waals surface area contributed by atoms with Gasteiger partial charge >= 0.3 is 0 Å². The van der Waals surface area contributed by atoms with Crippen molar-refractivity contribution < 1.29 is 18.7 Å². The fourth-order valence-electron chi connectivity index (χ4n) is 2.68. The Kier molecular flexibility index (Phi) is 7.00. The number of rotatable bonds is 7. The predicted octanol–water partition coefficient (Wildman–Crippen LogP) is 5.13. The molecule has 3 rings (SSSR count). The van der Waals surface area contributed by atoms with Crippen LogP contribution in [0.1, 0.15) is 28.4 Å². The summed E-state index contributed by atoms with van der Waals surface area (Å²) in [5, 5.41) is 11.9. The number of Topliss-reactive ketones (excluding diaryl/α,β-unsaturated/α-hetero) is 1. The number of anilines is 1. The topological polar surface area (TPSA) is 92.1 Å². The molecule has 0 spiro atoms. The van der Waals surface area contributed by atoms with E-state index in [1.165, 1.54) is 31.3 Å². The Morgan fingerprint density at radius 2 is 2.03 bits per heavy atom. The van der Waals surface area contributed by atoms with Gasteiger partial charge in [0, 0.05) is 22.3 Å². The molecule has 6 nitrogen and oxygen atoms in total. The summed E-state index contributed by atoms with van der Waals surface area (Å²) in [7, 11) is 0. The molecule has 1 N–H and O–H groups in total. The number of nitriles is 1. The van der Waals surface area contributed by atoms with Gasteiger partial charge in [0.25, 0.3) is 0 Å². The molecule has 0 radical (unpaired) electrons. The zero-order chi connectivity index (χ0) is 22.4.